The van der Waals surface area contributed by atoms with Gasteiger partial charge >= 0.3 is 0 Å². The maximum atomic E-state index is 11.4. The van der Waals surface area contributed by atoms with Crippen LogP contribution >= 0.6 is 0 Å². The minimum Gasteiger partial charge on any atom is -0.466 e. The normalized spacial score (nSPS) is 11.5. The van der Waals surface area contributed by atoms with Crippen LogP contribution in [0, 0.1) is 6.92 Å². The fraction of sp³-hybridized carbons (Fsp3) is 0.583. The minimum atomic E-state index is -0.453. The number of aryl methyl sites for hydroxylation is 1. The first-order valence-electron chi connectivity index (χ1n) is 5.48. The molecule has 0 bridgehead atoms. The second-order valence-electron chi connectivity index (χ2n) is 4.78. The van der Waals surface area contributed by atoms with Gasteiger partial charge in [0, 0.05) is 24.9 Å². The molecule has 3 N–H and O–H groups in total. The Balaban J connectivity index is 2.23. The third-order valence-electron chi connectivity index (χ3n) is 2.11. The van der Waals surface area contributed by atoms with Crippen molar-refractivity contribution in [2.24, 2.45) is 5.73 Å². The Morgan fingerprint density at radius 2 is 2.19 bits per heavy atom. The van der Waals surface area contributed by atoms with Gasteiger partial charge in [-0.05, 0) is 32.9 Å². The highest BCUT2D eigenvalue weighted by Crippen LogP contribution is 2.06. The highest BCUT2D eigenvalue weighted by molar-refractivity contribution is 5.77. The lowest BCUT2D eigenvalue weighted by Crippen LogP contribution is -2.39. The number of nitrogens with one attached hydrogen (secondary N) is 1. The van der Waals surface area contributed by atoms with Crippen molar-refractivity contribution >= 4 is 5.91 Å². The molecule has 1 heterocycles. The molecular formula is C12H20N2O2. The van der Waals surface area contributed by atoms with Gasteiger partial charge in [-0.2, -0.15) is 0 Å². The molecule has 0 saturated carbocycles. The van der Waals surface area contributed by atoms with E-state index < -0.39 is 5.54 Å². The van der Waals surface area contributed by atoms with Crippen LogP contribution < -0.4 is 11.1 Å². The fourth-order valence-corrected chi connectivity index (χ4v) is 1.42. The van der Waals surface area contributed by atoms with Crippen molar-refractivity contribution in [2.75, 3.05) is 6.54 Å². The largest absolute Gasteiger partial charge is 0.466 e. The number of furan rings is 1. The lowest BCUT2D eigenvalue weighted by Gasteiger charge is -2.17. The molecule has 0 fully saturated rings. The Morgan fingerprint density at radius 1 is 1.50 bits per heavy atom. The van der Waals surface area contributed by atoms with Crippen molar-refractivity contribution in [3.8, 4) is 0 Å². The van der Waals surface area contributed by atoms with E-state index in [1.54, 1.807) is 0 Å². The summed E-state index contributed by atoms with van der Waals surface area (Å²) in [5.41, 5.74) is 5.29. The maximum absolute atomic E-state index is 11.4. The molecule has 0 aliphatic carbocycles. The van der Waals surface area contributed by atoms with Gasteiger partial charge in [0.1, 0.15) is 11.5 Å². The Bertz CT molecular complexity index is 350. The summed E-state index contributed by atoms with van der Waals surface area (Å²) in [6.07, 6.45) is 1.05. The first kappa shape index (κ1) is 12.8. The van der Waals surface area contributed by atoms with Gasteiger partial charge in [-0.25, -0.2) is 0 Å². The third-order valence-corrected chi connectivity index (χ3v) is 2.11. The van der Waals surface area contributed by atoms with E-state index >= 15 is 0 Å². The van der Waals surface area contributed by atoms with E-state index in [1.807, 2.05) is 32.9 Å². The van der Waals surface area contributed by atoms with Crippen molar-refractivity contribution < 1.29 is 9.21 Å². The Hall–Kier alpha value is -1.29. The molecule has 90 valence electrons. The standard InChI is InChI=1S/C12H20N2O2/c1-9-4-5-10(16-9)6-7-14-11(15)8-12(2,3)13/h4-5H,6-8,13H2,1-3H3,(H,14,15). The van der Waals surface area contributed by atoms with Crippen LogP contribution in [0.15, 0.2) is 16.5 Å². The highest BCUT2D eigenvalue weighted by Gasteiger charge is 2.15. The zero-order valence-electron chi connectivity index (χ0n) is 10.2. The number of hydrogen-bond acceptors (Lipinski definition) is 3. The predicted octanol–water partition coefficient (Wildman–Crippen LogP) is 1.37. The van der Waals surface area contributed by atoms with Crippen molar-refractivity contribution in [1.29, 1.82) is 0 Å². The first-order valence-corrected chi connectivity index (χ1v) is 5.48. The Labute approximate surface area is 96.2 Å². The lowest BCUT2D eigenvalue weighted by molar-refractivity contribution is -0.121. The van der Waals surface area contributed by atoms with E-state index in [1.165, 1.54) is 0 Å². The zero-order chi connectivity index (χ0) is 12.2. The number of rotatable bonds is 5. The molecule has 0 aromatic carbocycles. The molecule has 1 rings (SSSR count). The van der Waals surface area contributed by atoms with Crippen molar-refractivity contribution in [2.45, 2.75) is 39.2 Å². The van der Waals surface area contributed by atoms with Gasteiger partial charge in [0.15, 0.2) is 0 Å². The smallest absolute Gasteiger partial charge is 0.221 e. The quantitative estimate of drug-likeness (QED) is 0.793. The molecule has 1 aromatic rings. The SMILES string of the molecule is Cc1ccc(CCNC(=O)CC(C)(C)N)o1. The van der Waals surface area contributed by atoms with E-state index in [0.717, 1.165) is 11.5 Å². The maximum Gasteiger partial charge on any atom is 0.221 e. The first-order chi connectivity index (χ1) is 7.37. The minimum absolute atomic E-state index is 0.0178. The molecule has 4 nitrogen and oxygen atoms in total. The van der Waals surface area contributed by atoms with Crippen LogP contribution in [0.1, 0.15) is 31.8 Å². The third kappa shape index (κ3) is 4.98. The molecule has 1 aromatic heterocycles. The summed E-state index contributed by atoms with van der Waals surface area (Å²) in [6, 6.07) is 3.84. The van der Waals surface area contributed by atoms with E-state index in [0.29, 0.717) is 19.4 Å². The van der Waals surface area contributed by atoms with Crippen molar-refractivity contribution in [3.63, 3.8) is 0 Å². The van der Waals surface area contributed by atoms with Crippen molar-refractivity contribution in [3.05, 3.63) is 23.7 Å². The van der Waals surface area contributed by atoms with Gasteiger partial charge in [-0.1, -0.05) is 0 Å². The van der Waals surface area contributed by atoms with E-state index in [4.69, 9.17) is 10.2 Å². The molecule has 0 saturated heterocycles. The van der Waals surface area contributed by atoms with Crippen LogP contribution in [0.3, 0.4) is 0 Å². The van der Waals surface area contributed by atoms with Crippen LogP contribution in [0.4, 0.5) is 0 Å². The Morgan fingerprint density at radius 3 is 2.69 bits per heavy atom. The molecular weight excluding hydrogens is 204 g/mol. The van der Waals surface area contributed by atoms with Crippen LogP contribution in [0.2, 0.25) is 0 Å². The predicted molar refractivity (Wildman–Crippen MR) is 63.0 cm³/mol. The number of nitrogens with two attached hydrogens (primary N) is 1. The molecule has 1 amide bonds. The van der Waals surface area contributed by atoms with Crippen LogP contribution in [-0.2, 0) is 11.2 Å². The summed E-state index contributed by atoms with van der Waals surface area (Å²) in [4.78, 5) is 11.4. The second-order valence-corrected chi connectivity index (χ2v) is 4.78. The summed E-state index contributed by atoms with van der Waals surface area (Å²) in [7, 11) is 0. The van der Waals surface area contributed by atoms with E-state index in [-0.39, 0.29) is 5.91 Å². The number of amides is 1. The molecule has 4 heteroatoms. The monoisotopic (exact) mass is 224 g/mol. The van der Waals surface area contributed by atoms with Gasteiger partial charge < -0.3 is 15.5 Å². The summed E-state index contributed by atoms with van der Waals surface area (Å²) < 4.78 is 5.39. The summed E-state index contributed by atoms with van der Waals surface area (Å²) in [5.74, 6) is 1.77. The average molecular weight is 224 g/mol. The topological polar surface area (TPSA) is 68.3 Å². The molecule has 0 atom stereocenters. The highest BCUT2D eigenvalue weighted by atomic mass is 16.3. The Kier molecular flexibility index (Phi) is 4.12. The van der Waals surface area contributed by atoms with Crippen molar-refractivity contribution in [1.82, 2.24) is 5.32 Å². The van der Waals surface area contributed by atoms with E-state index in [2.05, 4.69) is 5.32 Å². The molecule has 16 heavy (non-hydrogen) atoms. The number of carbonyl (C=O) groups excluding carboxylic acids is 1. The van der Waals surface area contributed by atoms with Crippen LogP contribution in [-0.4, -0.2) is 18.0 Å². The summed E-state index contributed by atoms with van der Waals surface area (Å²) in [6.45, 7) is 6.16. The molecule has 0 radical (unpaired) electrons. The molecule has 0 spiro atoms. The van der Waals surface area contributed by atoms with Gasteiger partial charge in [0.05, 0.1) is 0 Å². The second kappa shape index (κ2) is 5.16. The summed E-state index contributed by atoms with van der Waals surface area (Å²) >= 11 is 0. The van der Waals surface area contributed by atoms with Gasteiger partial charge in [-0.15, -0.1) is 0 Å². The van der Waals surface area contributed by atoms with Gasteiger partial charge in [0.2, 0.25) is 5.91 Å². The molecule has 0 aliphatic rings. The van der Waals surface area contributed by atoms with Crippen LogP contribution in [0.5, 0.6) is 0 Å². The van der Waals surface area contributed by atoms with Gasteiger partial charge in [0.25, 0.3) is 0 Å². The zero-order valence-corrected chi connectivity index (χ0v) is 10.2. The average Bonchev–Trinajstić information content (AvgIpc) is 2.48. The number of hydrogen-bond donors (Lipinski definition) is 2. The molecule has 0 aliphatic heterocycles. The molecule has 0 unspecified atom stereocenters. The van der Waals surface area contributed by atoms with Gasteiger partial charge in [-0.3, -0.25) is 4.79 Å². The summed E-state index contributed by atoms with van der Waals surface area (Å²) in [5, 5.41) is 2.82. The van der Waals surface area contributed by atoms with E-state index in [9.17, 15) is 4.79 Å². The lowest BCUT2D eigenvalue weighted by atomic mass is 10.0. The van der Waals surface area contributed by atoms with Crippen LogP contribution in [0.25, 0.3) is 0 Å². The fourth-order valence-electron chi connectivity index (χ4n) is 1.42. The number of carbonyl (C=O) groups is 1.